The maximum absolute atomic E-state index is 12.8. The molecule has 0 spiro atoms. The van der Waals surface area contributed by atoms with Crippen LogP contribution in [0.3, 0.4) is 0 Å². The van der Waals surface area contributed by atoms with Crippen LogP contribution in [0.2, 0.25) is 0 Å². The summed E-state index contributed by atoms with van der Waals surface area (Å²) in [4.78, 5) is 25.8. The number of aromatic nitrogens is 2. The Hall–Kier alpha value is -3.21. The number of amides is 1. The fourth-order valence-electron chi connectivity index (χ4n) is 3.53. The molecule has 2 heterocycles. The summed E-state index contributed by atoms with van der Waals surface area (Å²) in [6.45, 7) is 2.63. The van der Waals surface area contributed by atoms with E-state index in [1.54, 1.807) is 4.90 Å². The smallest absolute Gasteiger partial charge is 0.253 e. The van der Waals surface area contributed by atoms with E-state index < -0.39 is 0 Å². The van der Waals surface area contributed by atoms with Crippen LogP contribution in [0.4, 0.5) is 5.95 Å². The van der Waals surface area contributed by atoms with Crippen LogP contribution >= 0.6 is 0 Å². The lowest BCUT2D eigenvalue weighted by molar-refractivity contribution is 0.0785. The maximum Gasteiger partial charge on any atom is 0.253 e. The van der Waals surface area contributed by atoms with Crippen molar-refractivity contribution >= 4 is 11.9 Å². The van der Waals surface area contributed by atoms with Crippen LogP contribution in [-0.4, -0.2) is 40.9 Å². The van der Waals surface area contributed by atoms with Crippen molar-refractivity contribution in [1.29, 1.82) is 0 Å². The first-order valence-corrected chi connectivity index (χ1v) is 9.67. The zero-order chi connectivity index (χ0) is 19.3. The standard InChI is InChI=1S/C23H24N4O/c1-26(17-18-8-3-2-4-9-18)22(28)20-11-7-10-19(14-20)21-15-24-23(25-16-21)27-12-5-6-13-27/h2-4,7-11,14-16H,5-6,12-13,17H2,1H3. The van der Waals surface area contributed by atoms with Gasteiger partial charge in [0.1, 0.15) is 0 Å². The number of rotatable bonds is 5. The van der Waals surface area contributed by atoms with Crippen LogP contribution in [0.5, 0.6) is 0 Å². The van der Waals surface area contributed by atoms with Gasteiger partial charge in [-0.15, -0.1) is 0 Å². The molecule has 28 heavy (non-hydrogen) atoms. The molecule has 0 bridgehead atoms. The van der Waals surface area contributed by atoms with E-state index in [9.17, 15) is 4.79 Å². The molecule has 0 N–H and O–H groups in total. The quantitative estimate of drug-likeness (QED) is 0.679. The van der Waals surface area contributed by atoms with Gasteiger partial charge in [-0.1, -0.05) is 42.5 Å². The SMILES string of the molecule is CN(Cc1ccccc1)C(=O)c1cccc(-c2cnc(N3CCCC3)nc2)c1. The molecule has 1 aliphatic heterocycles. The van der Waals surface area contributed by atoms with E-state index in [-0.39, 0.29) is 5.91 Å². The van der Waals surface area contributed by atoms with Crippen molar-refractivity contribution in [3.8, 4) is 11.1 Å². The monoisotopic (exact) mass is 372 g/mol. The van der Waals surface area contributed by atoms with E-state index >= 15 is 0 Å². The van der Waals surface area contributed by atoms with Gasteiger partial charge in [0.2, 0.25) is 5.95 Å². The third-order valence-corrected chi connectivity index (χ3v) is 5.08. The number of carbonyl (C=O) groups is 1. The largest absolute Gasteiger partial charge is 0.341 e. The number of hydrogen-bond donors (Lipinski definition) is 0. The van der Waals surface area contributed by atoms with Crippen molar-refractivity contribution in [3.63, 3.8) is 0 Å². The van der Waals surface area contributed by atoms with E-state index in [2.05, 4.69) is 14.9 Å². The van der Waals surface area contributed by atoms with Gasteiger partial charge in [-0.3, -0.25) is 4.79 Å². The average Bonchev–Trinajstić information content (AvgIpc) is 3.29. The summed E-state index contributed by atoms with van der Waals surface area (Å²) in [5.41, 5.74) is 3.65. The highest BCUT2D eigenvalue weighted by molar-refractivity contribution is 5.95. The van der Waals surface area contributed by atoms with Gasteiger partial charge < -0.3 is 9.80 Å². The normalized spacial score (nSPS) is 13.5. The number of hydrogen-bond acceptors (Lipinski definition) is 4. The van der Waals surface area contributed by atoms with Crippen molar-refractivity contribution in [1.82, 2.24) is 14.9 Å². The maximum atomic E-state index is 12.8. The van der Waals surface area contributed by atoms with Gasteiger partial charge in [-0.2, -0.15) is 0 Å². The first kappa shape index (κ1) is 18.2. The molecule has 0 radical (unpaired) electrons. The topological polar surface area (TPSA) is 49.3 Å². The molecule has 1 aromatic heterocycles. The van der Waals surface area contributed by atoms with Gasteiger partial charge in [0.25, 0.3) is 5.91 Å². The van der Waals surface area contributed by atoms with Crippen LogP contribution in [0.1, 0.15) is 28.8 Å². The first-order valence-electron chi connectivity index (χ1n) is 9.67. The summed E-state index contributed by atoms with van der Waals surface area (Å²) in [7, 11) is 1.83. The second kappa shape index (κ2) is 8.21. The van der Waals surface area contributed by atoms with Crippen molar-refractivity contribution in [3.05, 3.63) is 78.1 Å². The van der Waals surface area contributed by atoms with Crippen molar-refractivity contribution in [2.75, 3.05) is 25.0 Å². The molecule has 5 heteroatoms. The van der Waals surface area contributed by atoms with Crippen LogP contribution in [0, 0.1) is 0 Å². The predicted octanol–water partition coefficient (Wildman–Crippen LogP) is 4.02. The van der Waals surface area contributed by atoms with Crippen molar-refractivity contribution in [2.24, 2.45) is 0 Å². The molecular formula is C23H24N4O. The Morgan fingerprint density at radius 1 is 0.964 bits per heavy atom. The Labute approximate surface area is 165 Å². The summed E-state index contributed by atoms with van der Waals surface area (Å²) in [5.74, 6) is 0.788. The number of nitrogens with zero attached hydrogens (tertiary/aromatic N) is 4. The Morgan fingerprint density at radius 2 is 1.68 bits per heavy atom. The van der Waals surface area contributed by atoms with Crippen LogP contribution in [-0.2, 0) is 6.54 Å². The van der Waals surface area contributed by atoms with E-state index in [0.29, 0.717) is 12.1 Å². The van der Waals surface area contributed by atoms with E-state index in [4.69, 9.17) is 0 Å². The third kappa shape index (κ3) is 4.03. The third-order valence-electron chi connectivity index (χ3n) is 5.08. The predicted molar refractivity (Wildman–Crippen MR) is 111 cm³/mol. The zero-order valence-corrected chi connectivity index (χ0v) is 16.1. The molecule has 0 atom stereocenters. The minimum atomic E-state index is 0.000285. The summed E-state index contributed by atoms with van der Waals surface area (Å²) in [6.07, 6.45) is 6.09. The molecule has 1 amide bonds. The summed E-state index contributed by atoms with van der Waals surface area (Å²) < 4.78 is 0. The lowest BCUT2D eigenvalue weighted by Crippen LogP contribution is -2.26. The highest BCUT2D eigenvalue weighted by Crippen LogP contribution is 2.22. The average molecular weight is 372 g/mol. The highest BCUT2D eigenvalue weighted by atomic mass is 16.2. The molecule has 0 aliphatic carbocycles. The van der Waals surface area contributed by atoms with Gasteiger partial charge in [-0.25, -0.2) is 9.97 Å². The van der Waals surface area contributed by atoms with E-state index in [1.165, 1.54) is 12.8 Å². The fourth-order valence-corrected chi connectivity index (χ4v) is 3.53. The van der Waals surface area contributed by atoms with Gasteiger partial charge in [0.05, 0.1) is 0 Å². The minimum Gasteiger partial charge on any atom is -0.341 e. The highest BCUT2D eigenvalue weighted by Gasteiger charge is 2.16. The second-order valence-electron chi connectivity index (χ2n) is 7.19. The Kier molecular flexibility index (Phi) is 5.33. The molecule has 2 aromatic carbocycles. The molecule has 1 fully saturated rings. The fraction of sp³-hybridized carbons (Fsp3) is 0.261. The van der Waals surface area contributed by atoms with E-state index in [1.807, 2.05) is 74.0 Å². The Bertz CT molecular complexity index is 934. The van der Waals surface area contributed by atoms with Gasteiger partial charge in [0.15, 0.2) is 0 Å². The summed E-state index contributed by atoms with van der Waals surface area (Å²) in [6, 6.07) is 17.7. The number of carbonyl (C=O) groups excluding carboxylic acids is 1. The lowest BCUT2D eigenvalue weighted by atomic mass is 10.0. The van der Waals surface area contributed by atoms with Gasteiger partial charge >= 0.3 is 0 Å². The van der Waals surface area contributed by atoms with Crippen LogP contribution < -0.4 is 4.90 Å². The zero-order valence-electron chi connectivity index (χ0n) is 16.1. The van der Waals surface area contributed by atoms with Crippen LogP contribution in [0.25, 0.3) is 11.1 Å². The molecule has 0 unspecified atom stereocenters. The van der Waals surface area contributed by atoms with Gasteiger partial charge in [0, 0.05) is 50.2 Å². The number of anilines is 1. The number of benzene rings is 2. The summed E-state index contributed by atoms with van der Waals surface area (Å²) in [5, 5.41) is 0. The molecule has 0 saturated carbocycles. The van der Waals surface area contributed by atoms with Gasteiger partial charge in [-0.05, 0) is 36.1 Å². The molecule has 1 aliphatic rings. The summed E-state index contributed by atoms with van der Waals surface area (Å²) >= 11 is 0. The van der Waals surface area contributed by atoms with E-state index in [0.717, 1.165) is 35.7 Å². The lowest BCUT2D eigenvalue weighted by Gasteiger charge is -2.18. The second-order valence-corrected chi connectivity index (χ2v) is 7.19. The molecule has 1 saturated heterocycles. The first-order chi connectivity index (χ1) is 13.7. The molecular weight excluding hydrogens is 348 g/mol. The van der Waals surface area contributed by atoms with Crippen molar-refractivity contribution < 1.29 is 4.79 Å². The molecule has 142 valence electrons. The Morgan fingerprint density at radius 3 is 2.39 bits per heavy atom. The van der Waals surface area contributed by atoms with Crippen molar-refractivity contribution in [2.45, 2.75) is 19.4 Å². The minimum absolute atomic E-state index is 0.000285. The Balaban J connectivity index is 1.50. The molecule has 5 nitrogen and oxygen atoms in total. The molecule has 4 rings (SSSR count). The molecule has 3 aromatic rings. The van der Waals surface area contributed by atoms with Crippen LogP contribution in [0.15, 0.2) is 67.0 Å².